The average molecular weight is 428 g/mol. The maximum Gasteiger partial charge on any atom is 0.286 e. The van der Waals surface area contributed by atoms with Crippen molar-refractivity contribution in [2.24, 2.45) is 5.92 Å². The van der Waals surface area contributed by atoms with Gasteiger partial charge in [-0.2, -0.15) is 0 Å². The summed E-state index contributed by atoms with van der Waals surface area (Å²) in [4.78, 5) is 35.1. The Hall–Kier alpha value is -3.24. The summed E-state index contributed by atoms with van der Waals surface area (Å²) in [5, 5.41) is 2.84. The molecular formula is C20H22F2N8O. The average Bonchev–Trinajstić information content (AvgIpc) is 3.46. The SMILES string of the molecule is CCn1c(-c2cnc(C)nc2)nc2c(NC3CN(C(=O)C4CC4)CC3(F)F)ncnc21. The molecule has 1 aliphatic carbocycles. The number of amides is 1. The number of nitrogens with one attached hydrogen (secondary N) is 1. The second-order valence-corrected chi connectivity index (χ2v) is 8.04. The summed E-state index contributed by atoms with van der Waals surface area (Å²) in [6, 6.07) is -1.24. The van der Waals surface area contributed by atoms with E-state index in [0.29, 0.717) is 34.9 Å². The van der Waals surface area contributed by atoms with Gasteiger partial charge in [0.2, 0.25) is 5.91 Å². The lowest BCUT2D eigenvalue weighted by molar-refractivity contribution is -0.132. The second-order valence-electron chi connectivity index (χ2n) is 8.04. The zero-order chi connectivity index (χ0) is 21.8. The molecule has 1 unspecified atom stereocenters. The van der Waals surface area contributed by atoms with Crippen molar-refractivity contribution < 1.29 is 13.6 Å². The van der Waals surface area contributed by atoms with Gasteiger partial charge in [0.25, 0.3) is 5.92 Å². The lowest BCUT2D eigenvalue weighted by Gasteiger charge is -2.19. The largest absolute Gasteiger partial charge is 0.358 e. The Labute approximate surface area is 176 Å². The van der Waals surface area contributed by atoms with E-state index in [1.165, 1.54) is 11.2 Å². The highest BCUT2D eigenvalue weighted by molar-refractivity contribution is 5.86. The Morgan fingerprint density at radius 3 is 2.65 bits per heavy atom. The molecule has 3 aromatic rings. The number of carbonyl (C=O) groups excluding carboxylic acids is 1. The van der Waals surface area contributed by atoms with E-state index in [1.54, 1.807) is 19.3 Å². The van der Waals surface area contributed by atoms with Gasteiger partial charge >= 0.3 is 0 Å². The third kappa shape index (κ3) is 3.47. The van der Waals surface area contributed by atoms with Crippen LogP contribution in [0.3, 0.4) is 0 Å². The van der Waals surface area contributed by atoms with Crippen molar-refractivity contribution in [2.45, 2.75) is 45.2 Å². The summed E-state index contributed by atoms with van der Waals surface area (Å²) in [6.07, 6.45) is 6.23. The van der Waals surface area contributed by atoms with Crippen molar-refractivity contribution in [3.63, 3.8) is 0 Å². The molecule has 1 saturated carbocycles. The highest BCUT2D eigenvalue weighted by Gasteiger charge is 2.51. The number of nitrogens with zero attached hydrogens (tertiary/aromatic N) is 7. The summed E-state index contributed by atoms with van der Waals surface area (Å²) in [5.41, 5.74) is 1.62. The van der Waals surface area contributed by atoms with Gasteiger partial charge in [-0.05, 0) is 26.7 Å². The Kier molecular flexibility index (Phi) is 4.56. The van der Waals surface area contributed by atoms with Crippen molar-refractivity contribution in [2.75, 3.05) is 18.4 Å². The molecule has 1 N–H and O–H groups in total. The number of imidazole rings is 1. The Bertz CT molecular complexity index is 1140. The highest BCUT2D eigenvalue weighted by atomic mass is 19.3. The minimum absolute atomic E-state index is 0.0685. The van der Waals surface area contributed by atoms with Crippen molar-refractivity contribution in [3.8, 4) is 11.4 Å². The second kappa shape index (κ2) is 7.17. The molecule has 0 radical (unpaired) electrons. The molecule has 1 amide bonds. The first kappa shape index (κ1) is 19.7. The number of fused-ring (bicyclic) bond motifs is 1. The van der Waals surface area contributed by atoms with Gasteiger partial charge in [0, 0.05) is 31.4 Å². The normalized spacial score (nSPS) is 20.4. The molecule has 1 saturated heterocycles. The molecule has 11 heteroatoms. The fraction of sp³-hybridized carbons (Fsp3) is 0.500. The summed E-state index contributed by atoms with van der Waals surface area (Å²) in [5.74, 6) is -1.91. The molecular weight excluding hydrogens is 406 g/mol. The monoisotopic (exact) mass is 428 g/mol. The van der Waals surface area contributed by atoms with Gasteiger partial charge in [-0.15, -0.1) is 0 Å². The van der Waals surface area contributed by atoms with E-state index in [-0.39, 0.29) is 24.2 Å². The van der Waals surface area contributed by atoms with Crippen LogP contribution in [0, 0.1) is 12.8 Å². The molecule has 2 aliphatic rings. The third-order valence-electron chi connectivity index (χ3n) is 5.75. The van der Waals surface area contributed by atoms with Crippen LogP contribution in [-0.2, 0) is 11.3 Å². The van der Waals surface area contributed by atoms with E-state index < -0.39 is 18.5 Å². The molecule has 5 rings (SSSR count). The molecule has 9 nitrogen and oxygen atoms in total. The topological polar surface area (TPSA) is 102 Å². The van der Waals surface area contributed by atoms with Gasteiger partial charge in [-0.1, -0.05) is 0 Å². The minimum Gasteiger partial charge on any atom is -0.358 e. The van der Waals surface area contributed by atoms with Gasteiger partial charge in [0.05, 0.1) is 12.1 Å². The van der Waals surface area contributed by atoms with Crippen molar-refractivity contribution in [3.05, 3.63) is 24.5 Å². The number of anilines is 1. The molecule has 3 aromatic heterocycles. The first-order valence-corrected chi connectivity index (χ1v) is 10.3. The number of aryl methyl sites for hydroxylation is 2. The van der Waals surface area contributed by atoms with E-state index >= 15 is 0 Å². The number of alkyl halides is 2. The van der Waals surface area contributed by atoms with Crippen molar-refractivity contribution >= 4 is 22.9 Å². The van der Waals surface area contributed by atoms with Crippen molar-refractivity contribution in [1.82, 2.24) is 34.4 Å². The first-order valence-electron chi connectivity index (χ1n) is 10.3. The zero-order valence-corrected chi connectivity index (χ0v) is 17.2. The van der Waals surface area contributed by atoms with Gasteiger partial charge < -0.3 is 14.8 Å². The Morgan fingerprint density at radius 1 is 1.23 bits per heavy atom. The van der Waals surface area contributed by atoms with Gasteiger partial charge in [-0.25, -0.2) is 33.7 Å². The summed E-state index contributed by atoms with van der Waals surface area (Å²) in [7, 11) is 0. The molecule has 0 bridgehead atoms. The molecule has 1 aliphatic heterocycles. The van der Waals surface area contributed by atoms with Crippen LogP contribution in [0.1, 0.15) is 25.6 Å². The standard InChI is InChI=1S/C20H22F2N8O/c1-3-30-17(13-6-23-11(2)24-7-13)28-15-16(25-10-26-18(15)30)27-14-8-29(9-20(14,21)22)19(31)12-4-5-12/h6-7,10,12,14H,3-5,8-9H2,1-2H3,(H,25,26,27). The molecule has 0 aromatic carbocycles. The van der Waals surface area contributed by atoms with Crippen LogP contribution in [0.5, 0.6) is 0 Å². The van der Waals surface area contributed by atoms with Crippen LogP contribution in [0.15, 0.2) is 18.7 Å². The van der Waals surface area contributed by atoms with Crippen LogP contribution < -0.4 is 5.32 Å². The summed E-state index contributed by atoms with van der Waals surface area (Å²) in [6.45, 7) is 3.66. The third-order valence-corrected chi connectivity index (χ3v) is 5.75. The highest BCUT2D eigenvalue weighted by Crippen LogP contribution is 2.37. The van der Waals surface area contributed by atoms with Crippen LogP contribution in [0.25, 0.3) is 22.6 Å². The first-order chi connectivity index (χ1) is 14.9. The smallest absolute Gasteiger partial charge is 0.286 e. The predicted molar refractivity (Wildman–Crippen MR) is 108 cm³/mol. The van der Waals surface area contributed by atoms with Crippen LogP contribution in [-0.4, -0.2) is 65.3 Å². The lowest BCUT2D eigenvalue weighted by Crippen LogP contribution is -2.38. The van der Waals surface area contributed by atoms with Gasteiger partial charge in [0.15, 0.2) is 17.0 Å². The molecule has 1 atom stereocenters. The Morgan fingerprint density at radius 2 is 1.97 bits per heavy atom. The van der Waals surface area contributed by atoms with E-state index in [2.05, 4.69) is 30.2 Å². The maximum absolute atomic E-state index is 14.7. The summed E-state index contributed by atoms with van der Waals surface area (Å²) < 4.78 is 31.3. The van der Waals surface area contributed by atoms with E-state index in [1.807, 2.05) is 11.5 Å². The van der Waals surface area contributed by atoms with Crippen LogP contribution >= 0.6 is 0 Å². The maximum atomic E-state index is 14.7. The molecule has 2 fully saturated rings. The summed E-state index contributed by atoms with van der Waals surface area (Å²) >= 11 is 0. The molecule has 0 spiro atoms. The molecule has 4 heterocycles. The molecule has 162 valence electrons. The lowest BCUT2D eigenvalue weighted by atomic mass is 10.2. The number of halogens is 2. The van der Waals surface area contributed by atoms with E-state index in [4.69, 9.17) is 0 Å². The molecule has 31 heavy (non-hydrogen) atoms. The van der Waals surface area contributed by atoms with E-state index in [9.17, 15) is 13.6 Å². The zero-order valence-electron chi connectivity index (χ0n) is 17.2. The van der Waals surface area contributed by atoms with Crippen molar-refractivity contribution in [1.29, 1.82) is 0 Å². The number of carbonyl (C=O) groups is 1. The fourth-order valence-corrected chi connectivity index (χ4v) is 3.93. The minimum atomic E-state index is -3.07. The quantitative estimate of drug-likeness (QED) is 0.665. The predicted octanol–water partition coefficient (Wildman–Crippen LogP) is 2.28. The Balaban J connectivity index is 1.49. The number of rotatable bonds is 5. The number of likely N-dealkylation sites (tertiary alicyclic amines) is 1. The van der Waals surface area contributed by atoms with Crippen LogP contribution in [0.4, 0.5) is 14.6 Å². The number of hydrogen-bond acceptors (Lipinski definition) is 7. The fourth-order valence-electron chi connectivity index (χ4n) is 3.93. The van der Waals surface area contributed by atoms with Gasteiger partial charge in [-0.3, -0.25) is 4.79 Å². The van der Waals surface area contributed by atoms with Crippen LogP contribution in [0.2, 0.25) is 0 Å². The van der Waals surface area contributed by atoms with E-state index in [0.717, 1.165) is 12.8 Å². The van der Waals surface area contributed by atoms with Gasteiger partial charge in [0.1, 0.15) is 24.0 Å². The number of hydrogen-bond donors (Lipinski definition) is 1. The number of aromatic nitrogens is 6.